The molecule has 0 atom stereocenters. The molecule has 0 aliphatic heterocycles. The predicted octanol–water partition coefficient (Wildman–Crippen LogP) is 10.3. The molecule has 0 aromatic heterocycles. The summed E-state index contributed by atoms with van der Waals surface area (Å²) in [6.45, 7) is 0. The molecule has 6 aliphatic carbocycles. The van der Waals surface area contributed by atoms with Gasteiger partial charge in [-0.25, -0.2) is 9.59 Å². The Morgan fingerprint density at radius 2 is 0.543 bits per heavy atom. The van der Waals surface area contributed by atoms with Crippen molar-refractivity contribution >= 4 is 12.1 Å². The van der Waals surface area contributed by atoms with Crippen LogP contribution in [0.15, 0.2) is 0 Å². The minimum absolute atomic E-state index is 0.0904. The van der Waals surface area contributed by atoms with Gasteiger partial charge in [0.15, 0.2) is 0 Å². The molecule has 0 spiro atoms. The van der Waals surface area contributed by atoms with Gasteiger partial charge in [0.2, 0.25) is 0 Å². The van der Waals surface area contributed by atoms with E-state index < -0.39 is 0 Å². The SMILES string of the molecule is O=C(NC1CCCCC1)NC1CCC(CC2CCCCC2)CC1.O=C(NC1CCCCC1)NC1CCC(CC2CCCCC2)CC1. The summed E-state index contributed by atoms with van der Waals surface area (Å²) in [6, 6.07) is 1.86. The van der Waals surface area contributed by atoms with Crippen LogP contribution in [0.25, 0.3) is 0 Å². The van der Waals surface area contributed by atoms with E-state index in [1.54, 1.807) is 0 Å². The van der Waals surface area contributed by atoms with Crippen molar-refractivity contribution in [2.24, 2.45) is 23.7 Å². The number of rotatable bonds is 8. The van der Waals surface area contributed by atoms with Crippen molar-refractivity contribution in [1.82, 2.24) is 21.3 Å². The summed E-state index contributed by atoms with van der Waals surface area (Å²) in [5.74, 6) is 3.87. The minimum atomic E-state index is 0.0904. The molecule has 46 heavy (non-hydrogen) atoms. The standard InChI is InChI=1S/2C20H36N2O/c2*23-20(21-18-9-5-2-6-10-18)22-19-13-11-17(12-14-19)15-16-7-3-1-4-8-16/h2*16-19H,1-15H2,(H2,21,22,23). The van der Waals surface area contributed by atoms with Crippen LogP contribution in [-0.4, -0.2) is 36.2 Å². The predicted molar refractivity (Wildman–Crippen MR) is 191 cm³/mol. The van der Waals surface area contributed by atoms with Crippen molar-refractivity contribution < 1.29 is 9.59 Å². The minimum Gasteiger partial charge on any atom is -0.335 e. The summed E-state index contributed by atoms with van der Waals surface area (Å²) in [7, 11) is 0. The van der Waals surface area contributed by atoms with Gasteiger partial charge in [-0.15, -0.1) is 0 Å². The summed E-state index contributed by atoms with van der Waals surface area (Å²) < 4.78 is 0. The molecule has 0 radical (unpaired) electrons. The maximum absolute atomic E-state index is 12.2. The maximum atomic E-state index is 12.2. The van der Waals surface area contributed by atoms with Gasteiger partial charge in [0.1, 0.15) is 0 Å². The first-order chi connectivity index (χ1) is 22.6. The fourth-order valence-electron chi connectivity index (χ4n) is 10.2. The largest absolute Gasteiger partial charge is 0.335 e. The van der Waals surface area contributed by atoms with E-state index in [1.807, 2.05) is 0 Å². The highest BCUT2D eigenvalue weighted by Crippen LogP contribution is 2.36. The highest BCUT2D eigenvalue weighted by Gasteiger charge is 2.28. The van der Waals surface area contributed by atoms with Gasteiger partial charge in [0, 0.05) is 24.2 Å². The van der Waals surface area contributed by atoms with Crippen molar-refractivity contribution in [3.05, 3.63) is 0 Å². The van der Waals surface area contributed by atoms with E-state index >= 15 is 0 Å². The number of carbonyl (C=O) groups excluding carboxylic acids is 2. The average molecular weight is 641 g/mol. The molecule has 4 N–H and O–H groups in total. The third-order valence-electron chi connectivity index (χ3n) is 13.0. The highest BCUT2D eigenvalue weighted by molar-refractivity contribution is 5.75. The summed E-state index contributed by atoms with van der Waals surface area (Å²) in [5.41, 5.74) is 0. The quantitative estimate of drug-likeness (QED) is 0.213. The molecule has 0 heterocycles. The summed E-state index contributed by atoms with van der Waals surface area (Å²) in [5, 5.41) is 12.9. The van der Waals surface area contributed by atoms with E-state index in [-0.39, 0.29) is 12.1 Å². The number of carbonyl (C=O) groups is 2. The van der Waals surface area contributed by atoms with Crippen LogP contribution in [0.3, 0.4) is 0 Å². The average Bonchev–Trinajstić information content (AvgIpc) is 3.09. The number of urea groups is 2. The number of amides is 4. The molecule has 4 amide bonds. The zero-order valence-electron chi connectivity index (χ0n) is 29.6. The second-order valence-corrected chi connectivity index (χ2v) is 16.8. The molecule has 0 unspecified atom stereocenters. The molecule has 0 aromatic carbocycles. The van der Waals surface area contributed by atoms with Crippen molar-refractivity contribution in [2.45, 2.75) is 217 Å². The second-order valence-electron chi connectivity index (χ2n) is 16.8. The molecular formula is C40H72N4O2. The van der Waals surface area contributed by atoms with Gasteiger partial charge in [-0.05, 0) is 114 Å². The summed E-state index contributed by atoms with van der Waals surface area (Å²) in [6.07, 6.45) is 40.1. The van der Waals surface area contributed by atoms with Crippen molar-refractivity contribution in [1.29, 1.82) is 0 Å². The van der Waals surface area contributed by atoms with Gasteiger partial charge in [0.05, 0.1) is 0 Å². The highest BCUT2D eigenvalue weighted by atomic mass is 16.2. The normalized spacial score (nSPS) is 30.8. The molecule has 6 aliphatic rings. The van der Waals surface area contributed by atoms with Crippen LogP contribution in [0, 0.1) is 23.7 Å². The number of hydrogen-bond acceptors (Lipinski definition) is 2. The smallest absolute Gasteiger partial charge is 0.315 e. The monoisotopic (exact) mass is 641 g/mol. The molecule has 0 saturated heterocycles. The van der Waals surface area contributed by atoms with Gasteiger partial charge >= 0.3 is 12.1 Å². The van der Waals surface area contributed by atoms with Gasteiger partial charge < -0.3 is 21.3 Å². The first kappa shape index (κ1) is 35.8. The van der Waals surface area contributed by atoms with Gasteiger partial charge in [-0.3, -0.25) is 0 Å². The van der Waals surface area contributed by atoms with Crippen LogP contribution < -0.4 is 21.3 Å². The summed E-state index contributed by atoms with van der Waals surface area (Å²) >= 11 is 0. The topological polar surface area (TPSA) is 82.3 Å². The fraction of sp³-hybridized carbons (Fsp3) is 0.950. The van der Waals surface area contributed by atoms with Gasteiger partial charge in [-0.2, -0.15) is 0 Å². The Hall–Kier alpha value is -1.46. The molecule has 0 bridgehead atoms. The lowest BCUT2D eigenvalue weighted by Gasteiger charge is -2.33. The van der Waals surface area contributed by atoms with Gasteiger partial charge in [0.25, 0.3) is 0 Å². The molecule has 6 nitrogen and oxygen atoms in total. The first-order valence-corrected chi connectivity index (χ1v) is 20.7. The van der Waals surface area contributed by atoms with Crippen LogP contribution in [0.2, 0.25) is 0 Å². The lowest BCUT2D eigenvalue weighted by Crippen LogP contribution is -2.47. The van der Waals surface area contributed by atoms with Crippen molar-refractivity contribution in [3.8, 4) is 0 Å². The summed E-state index contributed by atoms with van der Waals surface area (Å²) in [4.78, 5) is 24.3. The fourth-order valence-corrected chi connectivity index (χ4v) is 10.2. The Kier molecular flexibility index (Phi) is 15.7. The molecule has 0 aromatic rings. The van der Waals surface area contributed by atoms with E-state index in [9.17, 15) is 9.59 Å². The van der Waals surface area contributed by atoms with Crippen molar-refractivity contribution in [3.63, 3.8) is 0 Å². The maximum Gasteiger partial charge on any atom is 0.315 e. The van der Waals surface area contributed by atoms with E-state index in [0.717, 1.165) is 23.7 Å². The lowest BCUT2D eigenvalue weighted by atomic mass is 9.76. The Bertz CT molecular complexity index is 771. The third-order valence-corrected chi connectivity index (χ3v) is 13.0. The Morgan fingerprint density at radius 1 is 0.304 bits per heavy atom. The van der Waals surface area contributed by atoms with E-state index in [2.05, 4.69) is 21.3 Å². The number of hydrogen-bond donors (Lipinski definition) is 4. The van der Waals surface area contributed by atoms with Crippen LogP contribution in [0.5, 0.6) is 0 Å². The van der Waals surface area contributed by atoms with Crippen LogP contribution in [0.1, 0.15) is 193 Å². The molecular weight excluding hydrogens is 568 g/mol. The lowest BCUT2D eigenvalue weighted by molar-refractivity contribution is 0.206. The molecule has 6 saturated carbocycles. The Morgan fingerprint density at radius 3 is 0.848 bits per heavy atom. The molecule has 6 rings (SSSR count). The molecule has 6 heteroatoms. The van der Waals surface area contributed by atoms with Crippen LogP contribution >= 0.6 is 0 Å². The Balaban J connectivity index is 0.000000181. The number of nitrogens with one attached hydrogen (secondary N) is 4. The van der Waals surface area contributed by atoms with Gasteiger partial charge in [-0.1, -0.05) is 103 Å². The molecule has 6 fully saturated rings. The van der Waals surface area contributed by atoms with E-state index in [1.165, 1.54) is 193 Å². The van der Waals surface area contributed by atoms with Crippen molar-refractivity contribution in [2.75, 3.05) is 0 Å². The second kappa shape index (κ2) is 20.1. The zero-order chi connectivity index (χ0) is 31.8. The van der Waals surface area contributed by atoms with Crippen LogP contribution in [0.4, 0.5) is 9.59 Å². The zero-order valence-corrected chi connectivity index (χ0v) is 29.6. The van der Waals surface area contributed by atoms with E-state index in [4.69, 9.17) is 0 Å². The van der Waals surface area contributed by atoms with E-state index in [0.29, 0.717) is 24.2 Å². The first-order valence-electron chi connectivity index (χ1n) is 20.7. The Labute approximate surface area is 282 Å². The molecule has 264 valence electrons. The third kappa shape index (κ3) is 13.2. The van der Waals surface area contributed by atoms with Crippen LogP contribution in [-0.2, 0) is 0 Å².